The average molecular weight is 286 g/mol. The molecule has 6 heteroatoms. The molecular formula is C15H14N2O4. The van der Waals surface area contributed by atoms with Gasteiger partial charge in [-0.3, -0.25) is 10.1 Å². The Bertz CT molecular complexity index is 650. The summed E-state index contributed by atoms with van der Waals surface area (Å²) in [6.45, 7) is 0.581. The van der Waals surface area contributed by atoms with E-state index >= 15 is 0 Å². The van der Waals surface area contributed by atoms with Gasteiger partial charge in [0.05, 0.1) is 10.5 Å². The lowest BCUT2D eigenvalue weighted by molar-refractivity contribution is -0.384. The maximum Gasteiger partial charge on any atom is 0.335 e. The number of nitro benzene ring substituents is 1. The Morgan fingerprint density at radius 3 is 2.19 bits per heavy atom. The molecule has 0 amide bonds. The molecule has 2 aromatic carbocycles. The summed E-state index contributed by atoms with van der Waals surface area (Å²) in [6, 6.07) is 12.9. The summed E-state index contributed by atoms with van der Waals surface area (Å²) < 4.78 is 0. The molecule has 2 aromatic rings. The first-order valence-electron chi connectivity index (χ1n) is 6.25. The highest BCUT2D eigenvalue weighted by molar-refractivity contribution is 5.87. The molecule has 21 heavy (non-hydrogen) atoms. The molecule has 1 N–H and O–H groups in total. The first-order valence-corrected chi connectivity index (χ1v) is 6.25. The van der Waals surface area contributed by atoms with Crippen LogP contribution in [0.2, 0.25) is 0 Å². The minimum absolute atomic E-state index is 0.0537. The molecule has 0 saturated carbocycles. The van der Waals surface area contributed by atoms with E-state index in [9.17, 15) is 14.9 Å². The van der Waals surface area contributed by atoms with Crippen LogP contribution in [-0.2, 0) is 6.54 Å². The van der Waals surface area contributed by atoms with Crippen LogP contribution in [0.5, 0.6) is 0 Å². The quantitative estimate of drug-likeness (QED) is 0.675. The first-order chi connectivity index (χ1) is 9.97. The number of carboxylic acids is 1. The number of benzene rings is 2. The van der Waals surface area contributed by atoms with E-state index in [1.54, 1.807) is 36.4 Å². The third-order valence-corrected chi connectivity index (χ3v) is 3.12. The second-order valence-electron chi connectivity index (χ2n) is 4.63. The molecule has 0 radical (unpaired) electrons. The zero-order chi connectivity index (χ0) is 15.4. The number of anilines is 1. The Hall–Kier alpha value is -2.89. The monoisotopic (exact) mass is 286 g/mol. The normalized spacial score (nSPS) is 10.1. The van der Waals surface area contributed by atoms with Crippen LogP contribution < -0.4 is 4.90 Å². The van der Waals surface area contributed by atoms with Crippen molar-refractivity contribution in [3.63, 3.8) is 0 Å². The van der Waals surface area contributed by atoms with Gasteiger partial charge in [0.2, 0.25) is 0 Å². The fourth-order valence-electron chi connectivity index (χ4n) is 1.95. The summed E-state index contributed by atoms with van der Waals surface area (Å²) in [7, 11) is 1.87. The molecule has 0 fully saturated rings. The van der Waals surface area contributed by atoms with Gasteiger partial charge in [-0.2, -0.15) is 0 Å². The summed E-state index contributed by atoms with van der Waals surface area (Å²) in [4.78, 5) is 22.9. The lowest BCUT2D eigenvalue weighted by Crippen LogP contribution is -2.16. The Balaban J connectivity index is 2.08. The van der Waals surface area contributed by atoms with Crippen molar-refractivity contribution in [1.29, 1.82) is 0 Å². The average Bonchev–Trinajstić information content (AvgIpc) is 2.47. The molecule has 0 unspecified atom stereocenters. The second kappa shape index (κ2) is 6.04. The summed E-state index contributed by atoms with van der Waals surface area (Å²) in [5.41, 5.74) is 2.11. The predicted molar refractivity (Wildman–Crippen MR) is 78.6 cm³/mol. The number of non-ortho nitro benzene ring substituents is 1. The number of nitro groups is 1. The van der Waals surface area contributed by atoms with Gasteiger partial charge in [0.25, 0.3) is 5.69 Å². The third kappa shape index (κ3) is 3.56. The number of hydrogen-bond donors (Lipinski definition) is 1. The molecule has 0 spiro atoms. The van der Waals surface area contributed by atoms with Crippen molar-refractivity contribution in [3.8, 4) is 0 Å². The number of hydrogen-bond acceptors (Lipinski definition) is 4. The van der Waals surface area contributed by atoms with E-state index in [0.29, 0.717) is 6.54 Å². The van der Waals surface area contributed by atoms with Gasteiger partial charge in [0.15, 0.2) is 0 Å². The van der Waals surface area contributed by atoms with Gasteiger partial charge in [0, 0.05) is 31.4 Å². The number of aromatic carboxylic acids is 1. The van der Waals surface area contributed by atoms with Crippen LogP contribution in [0.1, 0.15) is 15.9 Å². The SMILES string of the molecule is CN(Cc1ccc(C(=O)O)cc1)c1ccc([N+](=O)[O-])cc1. The zero-order valence-electron chi connectivity index (χ0n) is 11.4. The molecule has 108 valence electrons. The van der Waals surface area contributed by atoms with Gasteiger partial charge in [-0.05, 0) is 29.8 Å². The minimum atomic E-state index is -0.953. The molecule has 0 saturated heterocycles. The smallest absolute Gasteiger partial charge is 0.335 e. The summed E-state index contributed by atoms with van der Waals surface area (Å²) in [5.74, 6) is -0.953. The Labute approximate surface area is 121 Å². The molecule has 0 aliphatic heterocycles. The molecule has 0 aromatic heterocycles. The second-order valence-corrected chi connectivity index (χ2v) is 4.63. The van der Waals surface area contributed by atoms with Crippen LogP contribution in [0, 0.1) is 10.1 Å². The van der Waals surface area contributed by atoms with E-state index in [1.807, 2.05) is 11.9 Å². The van der Waals surface area contributed by atoms with Gasteiger partial charge in [-0.25, -0.2) is 4.79 Å². The topological polar surface area (TPSA) is 83.7 Å². The van der Waals surface area contributed by atoms with Gasteiger partial charge in [-0.15, -0.1) is 0 Å². The van der Waals surface area contributed by atoms with Crippen LogP contribution >= 0.6 is 0 Å². The van der Waals surface area contributed by atoms with Crippen LogP contribution in [0.15, 0.2) is 48.5 Å². The summed E-state index contributed by atoms with van der Waals surface area (Å²) in [5, 5.41) is 19.4. The van der Waals surface area contributed by atoms with E-state index in [-0.39, 0.29) is 11.3 Å². The highest BCUT2D eigenvalue weighted by Gasteiger charge is 2.08. The minimum Gasteiger partial charge on any atom is -0.478 e. The fraction of sp³-hybridized carbons (Fsp3) is 0.133. The molecule has 0 bridgehead atoms. The van der Waals surface area contributed by atoms with Crippen molar-refractivity contribution in [2.75, 3.05) is 11.9 Å². The standard InChI is InChI=1S/C15H14N2O4/c1-16(13-6-8-14(9-7-13)17(20)21)10-11-2-4-12(5-3-11)15(18)19/h2-9H,10H2,1H3,(H,18,19). The Kier molecular flexibility index (Phi) is 4.18. The molecule has 6 nitrogen and oxygen atoms in total. The van der Waals surface area contributed by atoms with E-state index in [1.165, 1.54) is 12.1 Å². The van der Waals surface area contributed by atoms with Crippen molar-refractivity contribution in [3.05, 3.63) is 69.8 Å². The molecular weight excluding hydrogens is 272 g/mol. The summed E-state index contributed by atoms with van der Waals surface area (Å²) in [6.07, 6.45) is 0. The van der Waals surface area contributed by atoms with Gasteiger partial charge in [0.1, 0.15) is 0 Å². The van der Waals surface area contributed by atoms with E-state index < -0.39 is 10.9 Å². The van der Waals surface area contributed by atoms with E-state index in [0.717, 1.165) is 11.3 Å². The van der Waals surface area contributed by atoms with E-state index in [4.69, 9.17) is 5.11 Å². The Morgan fingerprint density at radius 1 is 1.14 bits per heavy atom. The number of nitrogens with zero attached hydrogens (tertiary/aromatic N) is 2. The summed E-state index contributed by atoms with van der Waals surface area (Å²) >= 11 is 0. The van der Waals surface area contributed by atoms with Crippen molar-refractivity contribution in [2.45, 2.75) is 6.54 Å². The maximum absolute atomic E-state index is 10.8. The fourth-order valence-corrected chi connectivity index (χ4v) is 1.95. The lowest BCUT2D eigenvalue weighted by Gasteiger charge is -2.19. The van der Waals surface area contributed by atoms with Gasteiger partial charge >= 0.3 is 5.97 Å². The van der Waals surface area contributed by atoms with Crippen LogP contribution in [0.4, 0.5) is 11.4 Å². The number of carbonyl (C=O) groups is 1. The van der Waals surface area contributed by atoms with Crippen molar-refractivity contribution >= 4 is 17.3 Å². The van der Waals surface area contributed by atoms with E-state index in [2.05, 4.69) is 0 Å². The highest BCUT2D eigenvalue weighted by atomic mass is 16.6. The van der Waals surface area contributed by atoms with Gasteiger partial charge < -0.3 is 10.0 Å². The number of rotatable bonds is 5. The third-order valence-electron chi connectivity index (χ3n) is 3.12. The Morgan fingerprint density at radius 2 is 1.71 bits per heavy atom. The van der Waals surface area contributed by atoms with Crippen LogP contribution in [-0.4, -0.2) is 23.0 Å². The largest absolute Gasteiger partial charge is 0.478 e. The van der Waals surface area contributed by atoms with Crippen molar-refractivity contribution in [2.24, 2.45) is 0 Å². The van der Waals surface area contributed by atoms with Crippen LogP contribution in [0.25, 0.3) is 0 Å². The highest BCUT2D eigenvalue weighted by Crippen LogP contribution is 2.20. The molecule has 0 atom stereocenters. The van der Waals surface area contributed by atoms with Crippen molar-refractivity contribution < 1.29 is 14.8 Å². The van der Waals surface area contributed by atoms with Crippen molar-refractivity contribution in [1.82, 2.24) is 0 Å². The molecule has 0 aliphatic rings. The first kappa shape index (κ1) is 14.5. The van der Waals surface area contributed by atoms with Crippen LogP contribution in [0.3, 0.4) is 0 Å². The maximum atomic E-state index is 10.8. The lowest BCUT2D eigenvalue weighted by atomic mass is 10.1. The predicted octanol–water partition coefficient (Wildman–Crippen LogP) is 2.93. The zero-order valence-corrected chi connectivity index (χ0v) is 11.4. The van der Waals surface area contributed by atoms with Gasteiger partial charge in [-0.1, -0.05) is 12.1 Å². The molecule has 0 aliphatic carbocycles. The molecule has 2 rings (SSSR count). The molecule has 0 heterocycles. The number of carboxylic acid groups (broad SMARTS) is 1.